The van der Waals surface area contributed by atoms with Crippen molar-refractivity contribution >= 4 is 58.2 Å². The van der Waals surface area contributed by atoms with Gasteiger partial charge in [-0.2, -0.15) is 0 Å². The molecule has 0 bridgehead atoms. The van der Waals surface area contributed by atoms with E-state index in [1.807, 2.05) is 65.6 Å². The number of hydrogen-bond donors (Lipinski definition) is 2. The van der Waals surface area contributed by atoms with E-state index in [1.165, 1.54) is 13.2 Å². The molecule has 0 radical (unpaired) electrons. The van der Waals surface area contributed by atoms with Gasteiger partial charge in [0.05, 0.1) is 12.7 Å². The number of amides is 2. The molecule has 37 heavy (non-hydrogen) atoms. The minimum atomic E-state index is -0.417. The average Bonchev–Trinajstić information content (AvgIpc) is 2.92. The highest BCUT2D eigenvalue weighted by molar-refractivity contribution is 7.80. The number of piperazine rings is 1. The van der Waals surface area contributed by atoms with Crippen molar-refractivity contribution in [1.29, 1.82) is 0 Å². The lowest BCUT2D eigenvalue weighted by Crippen LogP contribution is -2.48. The molecule has 3 aromatic carbocycles. The summed E-state index contributed by atoms with van der Waals surface area (Å²) in [7, 11) is 1.49. The first-order valence-electron chi connectivity index (χ1n) is 11.8. The van der Waals surface area contributed by atoms with Crippen molar-refractivity contribution in [3.63, 3.8) is 0 Å². The van der Waals surface area contributed by atoms with Crippen LogP contribution in [0.25, 0.3) is 6.08 Å². The van der Waals surface area contributed by atoms with Crippen LogP contribution in [-0.2, 0) is 4.79 Å². The second-order valence-corrected chi connectivity index (χ2v) is 9.20. The van der Waals surface area contributed by atoms with E-state index in [2.05, 4.69) is 15.5 Å². The zero-order valence-electron chi connectivity index (χ0n) is 20.3. The summed E-state index contributed by atoms with van der Waals surface area (Å²) in [4.78, 5) is 29.2. The average molecular weight is 535 g/mol. The lowest BCUT2D eigenvalue weighted by molar-refractivity contribution is -0.126. The standard InChI is InChI=1S/C28H27ClN4O3S/c1-36-25-13-8-21(29)19-24(25)27(35)31-28(37)30-22-9-11-23(12-10-22)32-15-17-33(18-16-32)26(34)14-7-20-5-3-2-4-6-20/h2-14,19H,15-18H2,1H3,(H2,30,31,35,37)/b14-7+. The number of anilines is 2. The topological polar surface area (TPSA) is 73.9 Å². The number of benzene rings is 3. The van der Waals surface area contributed by atoms with Gasteiger partial charge in [0.15, 0.2) is 5.11 Å². The van der Waals surface area contributed by atoms with Crippen LogP contribution in [0.1, 0.15) is 15.9 Å². The van der Waals surface area contributed by atoms with Crippen LogP contribution in [0.4, 0.5) is 11.4 Å². The van der Waals surface area contributed by atoms with E-state index < -0.39 is 5.91 Å². The van der Waals surface area contributed by atoms with Gasteiger partial charge in [-0.1, -0.05) is 41.9 Å². The van der Waals surface area contributed by atoms with E-state index in [4.69, 9.17) is 28.6 Å². The smallest absolute Gasteiger partial charge is 0.261 e. The summed E-state index contributed by atoms with van der Waals surface area (Å²) in [5, 5.41) is 6.26. The summed E-state index contributed by atoms with van der Waals surface area (Å²) in [6, 6.07) is 22.4. The number of carbonyl (C=O) groups excluding carboxylic acids is 2. The number of carbonyl (C=O) groups is 2. The van der Waals surface area contributed by atoms with E-state index in [1.54, 1.807) is 18.2 Å². The number of halogens is 1. The van der Waals surface area contributed by atoms with Crippen molar-refractivity contribution in [2.24, 2.45) is 0 Å². The van der Waals surface area contributed by atoms with Gasteiger partial charge < -0.3 is 19.9 Å². The van der Waals surface area contributed by atoms with Crippen LogP contribution in [0.15, 0.2) is 78.9 Å². The summed E-state index contributed by atoms with van der Waals surface area (Å²) >= 11 is 11.3. The van der Waals surface area contributed by atoms with Crippen LogP contribution in [0.3, 0.4) is 0 Å². The maximum atomic E-state index is 12.6. The first-order valence-corrected chi connectivity index (χ1v) is 12.5. The summed E-state index contributed by atoms with van der Waals surface area (Å²) in [5.74, 6) is 0.0107. The number of methoxy groups -OCH3 is 1. The molecule has 0 aromatic heterocycles. The molecule has 1 fully saturated rings. The van der Waals surface area contributed by atoms with Crippen LogP contribution >= 0.6 is 23.8 Å². The van der Waals surface area contributed by atoms with Gasteiger partial charge >= 0.3 is 0 Å². The minimum absolute atomic E-state index is 0.0222. The van der Waals surface area contributed by atoms with Gasteiger partial charge in [-0.3, -0.25) is 14.9 Å². The molecule has 0 aliphatic carbocycles. The van der Waals surface area contributed by atoms with Crippen molar-refractivity contribution in [1.82, 2.24) is 10.2 Å². The van der Waals surface area contributed by atoms with Crippen molar-refractivity contribution < 1.29 is 14.3 Å². The van der Waals surface area contributed by atoms with Crippen molar-refractivity contribution in [2.75, 3.05) is 43.5 Å². The molecule has 4 rings (SSSR count). The van der Waals surface area contributed by atoms with Crippen molar-refractivity contribution in [3.05, 3.63) is 95.0 Å². The first-order chi connectivity index (χ1) is 17.9. The molecule has 3 aromatic rings. The fourth-order valence-electron chi connectivity index (χ4n) is 3.97. The Labute approximate surface area is 226 Å². The molecular formula is C28H27ClN4O3S. The molecule has 190 valence electrons. The van der Waals surface area contributed by atoms with Crippen molar-refractivity contribution in [2.45, 2.75) is 0 Å². The second-order valence-electron chi connectivity index (χ2n) is 8.36. The quantitative estimate of drug-likeness (QED) is 0.348. The molecule has 0 unspecified atom stereocenters. The third-order valence-corrected chi connectivity index (χ3v) is 6.37. The van der Waals surface area contributed by atoms with E-state index in [-0.39, 0.29) is 11.0 Å². The van der Waals surface area contributed by atoms with Gasteiger partial charge in [0.2, 0.25) is 5.91 Å². The maximum absolute atomic E-state index is 12.6. The van der Waals surface area contributed by atoms with Gasteiger partial charge in [0.25, 0.3) is 5.91 Å². The minimum Gasteiger partial charge on any atom is -0.496 e. The SMILES string of the molecule is COc1ccc(Cl)cc1C(=O)NC(=S)Nc1ccc(N2CCN(C(=O)/C=C/c3ccccc3)CC2)cc1. The zero-order chi connectivity index (χ0) is 26.2. The predicted octanol–water partition coefficient (Wildman–Crippen LogP) is 4.84. The van der Waals surface area contributed by atoms with Crippen LogP contribution in [0, 0.1) is 0 Å². The van der Waals surface area contributed by atoms with Gasteiger partial charge in [-0.05, 0) is 66.3 Å². The Hall–Kier alpha value is -3.88. The van der Waals surface area contributed by atoms with Gasteiger partial charge in [-0.15, -0.1) is 0 Å². The highest BCUT2D eigenvalue weighted by Crippen LogP contribution is 2.23. The molecule has 7 nitrogen and oxygen atoms in total. The molecule has 1 saturated heterocycles. The summed E-state index contributed by atoms with van der Waals surface area (Å²) in [5.41, 5.74) is 3.09. The third kappa shape index (κ3) is 7.09. The molecular weight excluding hydrogens is 508 g/mol. The van der Waals surface area contributed by atoms with Gasteiger partial charge in [0.1, 0.15) is 5.75 Å². The van der Waals surface area contributed by atoms with E-state index in [0.29, 0.717) is 29.4 Å². The van der Waals surface area contributed by atoms with E-state index in [0.717, 1.165) is 30.0 Å². The number of rotatable bonds is 6. The lowest BCUT2D eigenvalue weighted by atomic mass is 10.2. The molecule has 0 spiro atoms. The van der Waals surface area contributed by atoms with Gasteiger partial charge in [-0.25, -0.2) is 0 Å². The number of thiocarbonyl (C=S) groups is 1. The van der Waals surface area contributed by atoms with Crippen LogP contribution in [-0.4, -0.2) is 55.1 Å². The molecule has 2 N–H and O–H groups in total. The van der Waals surface area contributed by atoms with Crippen molar-refractivity contribution in [3.8, 4) is 5.75 Å². The zero-order valence-corrected chi connectivity index (χ0v) is 21.9. The Kier molecular flexibility index (Phi) is 8.77. The van der Waals surface area contributed by atoms with Crippen LogP contribution in [0.2, 0.25) is 5.02 Å². The molecule has 0 saturated carbocycles. The molecule has 0 atom stereocenters. The van der Waals surface area contributed by atoms with Gasteiger partial charge in [0, 0.05) is 48.7 Å². The number of hydrogen-bond acceptors (Lipinski definition) is 5. The molecule has 1 heterocycles. The highest BCUT2D eigenvalue weighted by atomic mass is 35.5. The molecule has 1 aliphatic rings. The fraction of sp³-hybridized carbons (Fsp3) is 0.179. The Morgan fingerprint density at radius 2 is 1.68 bits per heavy atom. The van der Waals surface area contributed by atoms with E-state index in [9.17, 15) is 9.59 Å². The predicted molar refractivity (Wildman–Crippen MR) is 152 cm³/mol. The molecule has 2 amide bonds. The van der Waals surface area contributed by atoms with Crippen LogP contribution in [0.5, 0.6) is 5.75 Å². The number of nitrogens with one attached hydrogen (secondary N) is 2. The maximum Gasteiger partial charge on any atom is 0.261 e. The Morgan fingerprint density at radius 1 is 0.973 bits per heavy atom. The fourth-order valence-corrected chi connectivity index (χ4v) is 4.35. The highest BCUT2D eigenvalue weighted by Gasteiger charge is 2.20. The Bertz CT molecular complexity index is 1290. The summed E-state index contributed by atoms with van der Waals surface area (Å²) in [6.07, 6.45) is 3.48. The normalized spacial score (nSPS) is 13.4. The Morgan fingerprint density at radius 3 is 2.35 bits per heavy atom. The Balaban J connectivity index is 1.27. The summed E-state index contributed by atoms with van der Waals surface area (Å²) < 4.78 is 5.23. The second kappa shape index (κ2) is 12.4. The number of ether oxygens (including phenoxy) is 1. The molecule has 1 aliphatic heterocycles. The summed E-state index contributed by atoms with van der Waals surface area (Å²) in [6.45, 7) is 2.79. The number of nitrogens with zero attached hydrogens (tertiary/aromatic N) is 2. The monoisotopic (exact) mass is 534 g/mol. The lowest BCUT2D eigenvalue weighted by Gasteiger charge is -2.35. The van der Waals surface area contributed by atoms with Crippen LogP contribution < -0.4 is 20.3 Å². The van der Waals surface area contributed by atoms with E-state index >= 15 is 0 Å². The first kappa shape index (κ1) is 26.2. The molecule has 9 heteroatoms. The largest absolute Gasteiger partial charge is 0.496 e. The third-order valence-electron chi connectivity index (χ3n) is 5.93.